The standard InChI is InChI=1S/C16H20N4O4S/c1-25(23,24)10-4-5-11-12(6-10)13(7-14(21)19-16(17)18)20(15(11)22)8-9-2-3-9/h4-6,9,13H,2-3,7-8H2,1H3,(H4,17,18,19,21)/p+1. The second-order valence-electron chi connectivity index (χ2n) is 6.65. The van der Waals surface area contributed by atoms with Crippen LogP contribution < -0.4 is 16.5 Å². The van der Waals surface area contributed by atoms with Crippen LogP contribution in [0.5, 0.6) is 0 Å². The van der Waals surface area contributed by atoms with Gasteiger partial charge in [0, 0.05) is 18.4 Å². The molecule has 0 bridgehead atoms. The van der Waals surface area contributed by atoms with Crippen molar-refractivity contribution in [3.63, 3.8) is 0 Å². The van der Waals surface area contributed by atoms with Crippen LogP contribution in [0.3, 0.4) is 0 Å². The maximum Gasteiger partial charge on any atom is 0.346 e. The fraction of sp³-hybridized carbons (Fsp3) is 0.438. The summed E-state index contributed by atoms with van der Waals surface area (Å²) in [5.74, 6) is -0.377. The van der Waals surface area contributed by atoms with Gasteiger partial charge >= 0.3 is 5.96 Å². The molecule has 3 rings (SSSR count). The Balaban J connectivity index is 2.00. The largest absolute Gasteiger partial charge is 0.346 e. The summed E-state index contributed by atoms with van der Waals surface area (Å²) < 4.78 is 23.7. The van der Waals surface area contributed by atoms with Gasteiger partial charge in [-0.25, -0.2) is 13.4 Å². The maximum absolute atomic E-state index is 12.7. The number of nitrogens with two attached hydrogens (primary N) is 2. The van der Waals surface area contributed by atoms with Crippen molar-refractivity contribution in [2.45, 2.75) is 30.2 Å². The van der Waals surface area contributed by atoms with E-state index in [9.17, 15) is 18.0 Å². The number of benzene rings is 1. The van der Waals surface area contributed by atoms with E-state index in [0.29, 0.717) is 23.6 Å². The van der Waals surface area contributed by atoms with E-state index in [2.05, 4.69) is 4.99 Å². The lowest BCUT2D eigenvalue weighted by atomic mass is 10.0. The molecule has 1 aromatic rings. The van der Waals surface area contributed by atoms with Gasteiger partial charge in [0.2, 0.25) is 0 Å². The predicted molar refractivity (Wildman–Crippen MR) is 90.0 cm³/mol. The van der Waals surface area contributed by atoms with E-state index in [4.69, 9.17) is 11.5 Å². The molecule has 0 saturated heterocycles. The number of guanidine groups is 1. The molecule has 1 unspecified atom stereocenters. The molecule has 1 fully saturated rings. The number of hydrogen-bond donors (Lipinski definition) is 3. The second-order valence-corrected chi connectivity index (χ2v) is 8.66. The van der Waals surface area contributed by atoms with Crippen LogP contribution in [0.25, 0.3) is 0 Å². The van der Waals surface area contributed by atoms with Crippen molar-refractivity contribution in [3.05, 3.63) is 29.3 Å². The van der Waals surface area contributed by atoms with Crippen molar-refractivity contribution in [2.24, 2.45) is 17.4 Å². The predicted octanol–water partition coefficient (Wildman–Crippen LogP) is -1.73. The Labute approximate surface area is 145 Å². The third kappa shape index (κ3) is 3.65. The third-order valence-corrected chi connectivity index (χ3v) is 5.60. The van der Waals surface area contributed by atoms with Crippen LogP contribution in [0.2, 0.25) is 0 Å². The fourth-order valence-electron chi connectivity index (χ4n) is 3.10. The van der Waals surface area contributed by atoms with Gasteiger partial charge in [0.05, 0.1) is 17.4 Å². The first-order chi connectivity index (χ1) is 11.7. The van der Waals surface area contributed by atoms with Crippen LogP contribution >= 0.6 is 0 Å². The first-order valence-corrected chi connectivity index (χ1v) is 9.88. The highest BCUT2D eigenvalue weighted by atomic mass is 32.2. The number of carbonyl (C=O) groups excluding carboxylic acids is 2. The van der Waals surface area contributed by atoms with Crippen LogP contribution in [0.15, 0.2) is 23.1 Å². The van der Waals surface area contributed by atoms with Gasteiger partial charge in [-0.2, -0.15) is 0 Å². The SMILES string of the molecule is CS(=O)(=O)c1ccc2c(c1)C(CC(=O)[NH+]=C(N)N)N(CC1CC1)C2=O. The van der Waals surface area contributed by atoms with E-state index in [-0.39, 0.29) is 23.2 Å². The maximum atomic E-state index is 12.7. The molecule has 2 amide bonds. The number of sulfone groups is 1. The minimum Gasteiger partial charge on any atom is -0.331 e. The van der Waals surface area contributed by atoms with Crippen LogP contribution in [-0.2, 0) is 14.6 Å². The van der Waals surface area contributed by atoms with E-state index in [1.807, 2.05) is 0 Å². The quantitative estimate of drug-likeness (QED) is 0.419. The number of amides is 2. The normalized spacial score (nSPS) is 19.6. The highest BCUT2D eigenvalue weighted by molar-refractivity contribution is 7.90. The van der Waals surface area contributed by atoms with E-state index in [1.54, 1.807) is 4.90 Å². The van der Waals surface area contributed by atoms with Gasteiger partial charge < -0.3 is 4.90 Å². The Morgan fingerprint density at radius 1 is 1.32 bits per heavy atom. The highest BCUT2D eigenvalue weighted by Gasteiger charge is 2.41. The molecule has 1 heterocycles. The van der Waals surface area contributed by atoms with E-state index in [0.717, 1.165) is 19.1 Å². The topological polar surface area (TPSA) is 138 Å². The molecule has 0 aromatic heterocycles. The van der Waals surface area contributed by atoms with Crippen molar-refractivity contribution < 1.29 is 23.0 Å². The fourth-order valence-corrected chi connectivity index (χ4v) is 3.76. The molecule has 1 aliphatic heterocycles. The minimum absolute atomic E-state index is 0.0312. The molecule has 0 radical (unpaired) electrons. The first kappa shape index (κ1) is 17.4. The van der Waals surface area contributed by atoms with Crippen LogP contribution in [0, 0.1) is 5.92 Å². The van der Waals surface area contributed by atoms with E-state index < -0.39 is 21.8 Å². The zero-order valence-corrected chi connectivity index (χ0v) is 14.7. The molecular formula is C16H21N4O4S+. The summed E-state index contributed by atoms with van der Waals surface area (Å²) in [6.07, 6.45) is 3.18. The lowest BCUT2D eigenvalue weighted by molar-refractivity contribution is -0.380. The van der Waals surface area contributed by atoms with Crippen molar-refractivity contribution in [1.29, 1.82) is 0 Å². The summed E-state index contributed by atoms with van der Waals surface area (Å²) in [7, 11) is -3.42. The molecule has 1 aliphatic carbocycles. The minimum atomic E-state index is -3.42. The number of fused-ring (bicyclic) bond motifs is 1. The molecule has 1 aromatic carbocycles. The average Bonchev–Trinajstić information content (AvgIpc) is 3.28. The van der Waals surface area contributed by atoms with Crippen LogP contribution in [0.4, 0.5) is 0 Å². The molecule has 2 aliphatic rings. The van der Waals surface area contributed by atoms with Gasteiger partial charge in [0.1, 0.15) is 0 Å². The summed E-state index contributed by atoms with van der Waals surface area (Å²) in [5, 5.41) is 0. The van der Waals surface area contributed by atoms with Crippen molar-refractivity contribution >= 4 is 27.6 Å². The third-order valence-electron chi connectivity index (χ3n) is 4.49. The van der Waals surface area contributed by atoms with Crippen molar-refractivity contribution in [2.75, 3.05) is 12.8 Å². The Bertz CT molecular complexity index is 870. The molecular weight excluding hydrogens is 344 g/mol. The first-order valence-electron chi connectivity index (χ1n) is 7.99. The number of hydrogen-bond acceptors (Lipinski definition) is 4. The zero-order valence-electron chi connectivity index (χ0n) is 13.9. The molecule has 1 saturated carbocycles. The number of nitrogens with one attached hydrogen (secondary N) is 1. The number of nitrogens with zero attached hydrogens (tertiary/aromatic N) is 1. The Morgan fingerprint density at radius 2 is 2.00 bits per heavy atom. The second kappa shape index (κ2) is 6.14. The summed E-state index contributed by atoms with van der Waals surface area (Å²) >= 11 is 0. The summed E-state index contributed by atoms with van der Waals surface area (Å²) in [5.41, 5.74) is 11.6. The lowest BCUT2D eigenvalue weighted by Gasteiger charge is -2.24. The molecule has 5 N–H and O–H groups in total. The van der Waals surface area contributed by atoms with Crippen molar-refractivity contribution in [1.82, 2.24) is 4.90 Å². The Hall–Kier alpha value is -2.42. The van der Waals surface area contributed by atoms with Crippen molar-refractivity contribution in [3.8, 4) is 0 Å². The van der Waals surface area contributed by atoms with Gasteiger partial charge in [-0.05, 0) is 42.5 Å². The van der Waals surface area contributed by atoms with Gasteiger partial charge in [-0.3, -0.25) is 21.1 Å². The molecule has 25 heavy (non-hydrogen) atoms. The van der Waals surface area contributed by atoms with Crippen LogP contribution in [0.1, 0.15) is 41.2 Å². The summed E-state index contributed by atoms with van der Waals surface area (Å²) in [6.45, 7) is 0.557. The smallest absolute Gasteiger partial charge is 0.331 e. The number of carbonyl (C=O) groups is 2. The summed E-state index contributed by atoms with van der Waals surface area (Å²) in [4.78, 5) is 28.9. The van der Waals surface area contributed by atoms with E-state index in [1.165, 1.54) is 18.2 Å². The number of rotatable bonds is 5. The monoisotopic (exact) mass is 365 g/mol. The molecule has 8 nitrogen and oxygen atoms in total. The molecule has 9 heteroatoms. The van der Waals surface area contributed by atoms with Gasteiger partial charge in [-0.1, -0.05) is 0 Å². The van der Waals surface area contributed by atoms with Crippen LogP contribution in [-0.4, -0.2) is 43.9 Å². The lowest BCUT2D eigenvalue weighted by Crippen LogP contribution is -2.81. The summed E-state index contributed by atoms with van der Waals surface area (Å²) in [6, 6.07) is 3.91. The van der Waals surface area contributed by atoms with Gasteiger partial charge in [0.15, 0.2) is 9.84 Å². The molecule has 1 atom stereocenters. The van der Waals surface area contributed by atoms with Gasteiger partial charge in [0.25, 0.3) is 11.8 Å². The average molecular weight is 365 g/mol. The zero-order chi connectivity index (χ0) is 18.4. The highest BCUT2D eigenvalue weighted by Crippen LogP contribution is 2.40. The van der Waals surface area contributed by atoms with Gasteiger partial charge in [-0.15, -0.1) is 0 Å². The Morgan fingerprint density at radius 3 is 2.56 bits per heavy atom. The molecule has 134 valence electrons. The van der Waals surface area contributed by atoms with E-state index >= 15 is 0 Å². The molecule has 0 spiro atoms. The Kier molecular flexibility index (Phi) is 4.28.